The van der Waals surface area contributed by atoms with Gasteiger partial charge < -0.3 is 10.3 Å². The van der Waals surface area contributed by atoms with Crippen LogP contribution in [-0.4, -0.2) is 33.3 Å². The number of aromatic amines is 1. The fraction of sp³-hybridized carbons (Fsp3) is 0.579. The Kier molecular flexibility index (Phi) is 5.74. The number of benzene rings is 1. The Bertz CT molecular complexity index is 831. The molecule has 1 saturated carbocycles. The highest BCUT2D eigenvalue weighted by molar-refractivity contribution is 8.00. The van der Waals surface area contributed by atoms with Gasteiger partial charge in [0.25, 0.3) is 5.56 Å². The molecule has 2 aromatic rings. The molecule has 2 fully saturated rings. The lowest BCUT2D eigenvalue weighted by Crippen LogP contribution is -2.21. The third kappa shape index (κ3) is 4.19. The fourth-order valence-electron chi connectivity index (χ4n) is 3.40. The Morgan fingerprint density at radius 3 is 2.81 bits per heavy atom. The lowest BCUT2D eigenvalue weighted by molar-refractivity contribution is 0.333. The molecule has 26 heavy (non-hydrogen) atoms. The second-order valence-corrected chi connectivity index (χ2v) is 9.68. The maximum absolute atomic E-state index is 14.3. The summed E-state index contributed by atoms with van der Waals surface area (Å²) in [6, 6.07) is 2.99. The van der Waals surface area contributed by atoms with Crippen molar-refractivity contribution >= 4 is 40.1 Å². The van der Waals surface area contributed by atoms with E-state index in [1.165, 1.54) is 49.7 Å². The average molecular weight is 394 g/mol. The molecular formula is C19H24FN3OS2. The first kappa shape index (κ1) is 18.2. The van der Waals surface area contributed by atoms with E-state index in [1.807, 2.05) is 23.5 Å². The van der Waals surface area contributed by atoms with Crippen molar-refractivity contribution in [3.8, 4) is 0 Å². The van der Waals surface area contributed by atoms with Crippen molar-refractivity contribution in [2.45, 2.75) is 43.1 Å². The molecule has 0 radical (unpaired) electrons. The zero-order chi connectivity index (χ0) is 17.9. The Labute approximate surface area is 161 Å². The SMILES string of the molecule is O=c1[nH]c(CSC2CCSCC2)nc2cc(NCC3CCC3)c(F)cc12. The average Bonchev–Trinajstić information content (AvgIpc) is 2.61. The highest BCUT2D eigenvalue weighted by Gasteiger charge is 2.18. The summed E-state index contributed by atoms with van der Waals surface area (Å²) in [4.78, 5) is 19.8. The van der Waals surface area contributed by atoms with Crippen molar-refractivity contribution in [2.75, 3.05) is 23.4 Å². The number of aromatic nitrogens is 2. The molecule has 0 spiro atoms. The molecule has 140 valence electrons. The Morgan fingerprint density at radius 1 is 1.27 bits per heavy atom. The van der Waals surface area contributed by atoms with Crippen LogP contribution < -0.4 is 10.9 Å². The molecule has 0 amide bonds. The van der Waals surface area contributed by atoms with E-state index < -0.39 is 0 Å². The number of rotatable bonds is 6. The zero-order valence-electron chi connectivity index (χ0n) is 14.7. The van der Waals surface area contributed by atoms with Crippen LogP contribution in [0.3, 0.4) is 0 Å². The Balaban J connectivity index is 1.51. The summed E-state index contributed by atoms with van der Waals surface area (Å²) in [6.45, 7) is 0.786. The second-order valence-electron chi connectivity index (χ2n) is 7.16. The van der Waals surface area contributed by atoms with Crippen LogP contribution in [0, 0.1) is 11.7 Å². The van der Waals surface area contributed by atoms with Crippen LogP contribution in [0.5, 0.6) is 0 Å². The van der Waals surface area contributed by atoms with Crippen LogP contribution >= 0.6 is 23.5 Å². The van der Waals surface area contributed by atoms with E-state index in [0.29, 0.717) is 39.3 Å². The van der Waals surface area contributed by atoms with Crippen molar-refractivity contribution in [1.82, 2.24) is 9.97 Å². The minimum Gasteiger partial charge on any atom is -0.382 e. The number of hydrogen-bond acceptors (Lipinski definition) is 5. The van der Waals surface area contributed by atoms with Crippen LogP contribution in [0.1, 0.15) is 37.9 Å². The van der Waals surface area contributed by atoms with Crippen LogP contribution in [-0.2, 0) is 5.75 Å². The first-order valence-corrected chi connectivity index (χ1v) is 11.5. The summed E-state index contributed by atoms with van der Waals surface area (Å²) in [6.07, 6.45) is 6.12. The number of thioether (sulfide) groups is 2. The predicted octanol–water partition coefficient (Wildman–Crippen LogP) is 4.40. The van der Waals surface area contributed by atoms with Gasteiger partial charge in [-0.15, -0.1) is 0 Å². The molecule has 2 heterocycles. The number of fused-ring (bicyclic) bond motifs is 1. The van der Waals surface area contributed by atoms with E-state index in [0.717, 1.165) is 6.54 Å². The summed E-state index contributed by atoms with van der Waals surface area (Å²) >= 11 is 3.87. The van der Waals surface area contributed by atoms with E-state index in [1.54, 1.807) is 6.07 Å². The summed E-state index contributed by atoms with van der Waals surface area (Å²) in [5.74, 6) is 4.07. The molecule has 0 atom stereocenters. The molecule has 7 heteroatoms. The number of H-pyrrole nitrogens is 1. The van der Waals surface area contributed by atoms with E-state index >= 15 is 0 Å². The lowest BCUT2D eigenvalue weighted by Gasteiger charge is -2.26. The molecule has 2 N–H and O–H groups in total. The number of nitrogens with one attached hydrogen (secondary N) is 2. The topological polar surface area (TPSA) is 57.8 Å². The number of hydrogen-bond donors (Lipinski definition) is 2. The largest absolute Gasteiger partial charge is 0.382 e. The molecule has 1 saturated heterocycles. The van der Waals surface area contributed by atoms with Crippen molar-refractivity contribution in [2.24, 2.45) is 5.92 Å². The van der Waals surface area contributed by atoms with Gasteiger partial charge in [0, 0.05) is 11.8 Å². The van der Waals surface area contributed by atoms with E-state index in [4.69, 9.17) is 0 Å². The Morgan fingerprint density at radius 2 is 2.08 bits per heavy atom. The normalized spacial score (nSPS) is 18.8. The smallest absolute Gasteiger partial charge is 0.258 e. The van der Waals surface area contributed by atoms with E-state index in [9.17, 15) is 9.18 Å². The van der Waals surface area contributed by atoms with Crippen LogP contribution in [0.2, 0.25) is 0 Å². The predicted molar refractivity (Wildman–Crippen MR) is 110 cm³/mol. The summed E-state index contributed by atoms with van der Waals surface area (Å²) in [5.41, 5.74) is 0.765. The van der Waals surface area contributed by atoms with Gasteiger partial charge in [-0.25, -0.2) is 9.37 Å². The third-order valence-corrected chi connectivity index (χ3v) is 7.70. The standard InChI is InChI=1S/C19H24FN3OS2/c20-15-8-14-16(9-17(15)21-10-12-2-1-3-12)22-18(23-19(14)24)11-26-13-4-6-25-7-5-13/h8-9,12-13,21H,1-7,10-11H2,(H,22,23,24). The summed E-state index contributed by atoms with van der Waals surface area (Å²) in [5, 5.41) is 4.16. The maximum Gasteiger partial charge on any atom is 0.258 e. The molecule has 1 aliphatic heterocycles. The molecule has 1 aromatic carbocycles. The minimum atomic E-state index is -0.383. The fourth-order valence-corrected chi connectivity index (χ4v) is 5.91. The van der Waals surface area contributed by atoms with Gasteiger partial charge in [-0.05, 0) is 55.2 Å². The number of anilines is 1. The summed E-state index contributed by atoms with van der Waals surface area (Å²) in [7, 11) is 0. The van der Waals surface area contributed by atoms with E-state index in [-0.39, 0.29) is 11.4 Å². The molecule has 4 rings (SSSR count). The van der Waals surface area contributed by atoms with Gasteiger partial charge in [-0.2, -0.15) is 23.5 Å². The van der Waals surface area contributed by atoms with Crippen molar-refractivity contribution in [1.29, 1.82) is 0 Å². The van der Waals surface area contributed by atoms with Gasteiger partial charge >= 0.3 is 0 Å². The van der Waals surface area contributed by atoms with Gasteiger partial charge in [0.05, 0.1) is 22.3 Å². The lowest BCUT2D eigenvalue weighted by atomic mass is 9.85. The van der Waals surface area contributed by atoms with E-state index in [2.05, 4.69) is 15.3 Å². The van der Waals surface area contributed by atoms with Crippen LogP contribution in [0.4, 0.5) is 10.1 Å². The maximum atomic E-state index is 14.3. The van der Waals surface area contributed by atoms with Gasteiger partial charge in [0.15, 0.2) is 0 Å². The highest BCUT2D eigenvalue weighted by Crippen LogP contribution is 2.30. The molecule has 0 unspecified atom stereocenters. The van der Waals surface area contributed by atoms with Crippen molar-refractivity contribution in [3.05, 3.63) is 34.1 Å². The first-order valence-electron chi connectivity index (χ1n) is 9.35. The van der Waals surface area contributed by atoms with Gasteiger partial charge in [0.2, 0.25) is 0 Å². The molecular weight excluding hydrogens is 369 g/mol. The molecule has 1 aliphatic carbocycles. The van der Waals surface area contributed by atoms with Crippen molar-refractivity contribution < 1.29 is 4.39 Å². The number of halogens is 1. The molecule has 4 nitrogen and oxygen atoms in total. The molecule has 2 aliphatic rings. The summed E-state index contributed by atoms with van der Waals surface area (Å²) < 4.78 is 14.3. The third-order valence-electron chi connectivity index (χ3n) is 5.27. The van der Waals surface area contributed by atoms with Crippen molar-refractivity contribution in [3.63, 3.8) is 0 Å². The van der Waals surface area contributed by atoms with Crippen LogP contribution in [0.15, 0.2) is 16.9 Å². The highest BCUT2D eigenvalue weighted by atomic mass is 32.2. The second kappa shape index (κ2) is 8.21. The molecule has 1 aromatic heterocycles. The first-order chi connectivity index (χ1) is 12.7. The van der Waals surface area contributed by atoms with Crippen LogP contribution in [0.25, 0.3) is 10.9 Å². The minimum absolute atomic E-state index is 0.255. The van der Waals surface area contributed by atoms with Gasteiger partial charge in [0.1, 0.15) is 11.6 Å². The van der Waals surface area contributed by atoms with Gasteiger partial charge in [-0.3, -0.25) is 4.79 Å². The zero-order valence-corrected chi connectivity index (χ0v) is 16.4. The number of nitrogens with zero attached hydrogens (tertiary/aromatic N) is 1. The molecule has 0 bridgehead atoms. The monoisotopic (exact) mass is 393 g/mol. The Hall–Kier alpha value is -1.21. The quantitative estimate of drug-likeness (QED) is 0.762. The van der Waals surface area contributed by atoms with Gasteiger partial charge in [-0.1, -0.05) is 6.42 Å².